The van der Waals surface area contributed by atoms with Crippen molar-refractivity contribution in [1.82, 2.24) is 0 Å². The van der Waals surface area contributed by atoms with E-state index in [0.717, 1.165) is 18.4 Å². The van der Waals surface area contributed by atoms with Gasteiger partial charge in [-0.3, -0.25) is 4.79 Å². The van der Waals surface area contributed by atoms with Crippen molar-refractivity contribution in [2.45, 2.75) is 30.7 Å². The Balaban J connectivity index is 1.97. The summed E-state index contributed by atoms with van der Waals surface area (Å²) in [6, 6.07) is 21.5. The molecule has 0 aliphatic heterocycles. The van der Waals surface area contributed by atoms with Crippen LogP contribution in [0.25, 0.3) is 32.3 Å². The van der Waals surface area contributed by atoms with E-state index in [9.17, 15) is 4.79 Å². The lowest BCUT2D eigenvalue weighted by Crippen LogP contribution is -2.25. The summed E-state index contributed by atoms with van der Waals surface area (Å²) in [5.74, 6) is -0.236. The maximum atomic E-state index is 11.8. The van der Waals surface area contributed by atoms with Gasteiger partial charge in [0, 0.05) is 12.5 Å². The fraction of sp³-hybridized carbons (Fsp3) is 0.208. The van der Waals surface area contributed by atoms with E-state index in [1.807, 2.05) is 0 Å². The van der Waals surface area contributed by atoms with E-state index in [2.05, 4.69) is 76.6 Å². The molecule has 0 saturated carbocycles. The third-order valence-electron chi connectivity index (χ3n) is 5.64. The molecule has 0 saturated heterocycles. The molecular weight excluding hydrogens is 400 g/mol. The zero-order valence-electron chi connectivity index (χ0n) is 15.0. The summed E-state index contributed by atoms with van der Waals surface area (Å²) in [5, 5.41) is 7.52. The van der Waals surface area contributed by atoms with Crippen molar-refractivity contribution in [3.63, 3.8) is 0 Å². The van der Waals surface area contributed by atoms with E-state index in [1.54, 1.807) is 0 Å². The molecular formula is C24H19BrO2. The Morgan fingerprint density at radius 1 is 0.926 bits per heavy atom. The predicted molar refractivity (Wildman–Crippen MR) is 115 cm³/mol. The first-order valence-electron chi connectivity index (χ1n) is 9.31. The molecule has 134 valence electrons. The molecule has 1 aliphatic carbocycles. The number of aryl methyl sites for hydroxylation is 1. The predicted octanol–water partition coefficient (Wildman–Crippen LogP) is 6.46. The van der Waals surface area contributed by atoms with Crippen molar-refractivity contribution in [2.24, 2.45) is 0 Å². The molecule has 0 amide bonds. The van der Waals surface area contributed by atoms with Gasteiger partial charge in [-0.25, -0.2) is 0 Å². The second-order valence-electron chi connectivity index (χ2n) is 7.23. The van der Waals surface area contributed by atoms with E-state index >= 15 is 0 Å². The molecule has 0 aromatic heterocycles. The standard InChI is InChI=1S/C24H19BrO2/c1-14(26)27-24-21(25)13-12-20-19-11-10-15-6-2-3-7-16(15)22(19)17-8-4-5-9-18(17)23(20)24/h2-11,21,24H,12-13H2,1H3/t21-,24+/m1/s1. The van der Waals surface area contributed by atoms with Crippen molar-refractivity contribution in [3.05, 3.63) is 71.8 Å². The highest BCUT2D eigenvalue weighted by Gasteiger charge is 2.33. The summed E-state index contributed by atoms with van der Waals surface area (Å²) in [6.07, 6.45) is 1.67. The Hall–Kier alpha value is -2.39. The van der Waals surface area contributed by atoms with Gasteiger partial charge in [-0.15, -0.1) is 0 Å². The van der Waals surface area contributed by atoms with Crippen molar-refractivity contribution in [2.75, 3.05) is 0 Å². The number of alkyl halides is 1. The molecule has 2 nitrogen and oxygen atoms in total. The van der Waals surface area contributed by atoms with Crippen LogP contribution in [0.1, 0.15) is 30.6 Å². The van der Waals surface area contributed by atoms with Crippen LogP contribution in [0, 0.1) is 0 Å². The van der Waals surface area contributed by atoms with Crippen LogP contribution in [-0.2, 0) is 16.0 Å². The molecule has 1 aliphatic rings. The smallest absolute Gasteiger partial charge is 0.303 e. The average molecular weight is 419 g/mol. The second-order valence-corrected chi connectivity index (χ2v) is 8.41. The lowest BCUT2D eigenvalue weighted by Gasteiger charge is -2.32. The molecule has 3 heteroatoms. The lowest BCUT2D eigenvalue weighted by molar-refractivity contribution is -0.146. The van der Waals surface area contributed by atoms with Crippen LogP contribution in [0.2, 0.25) is 0 Å². The van der Waals surface area contributed by atoms with E-state index in [1.165, 1.54) is 44.8 Å². The Morgan fingerprint density at radius 3 is 2.41 bits per heavy atom. The van der Waals surface area contributed by atoms with E-state index in [-0.39, 0.29) is 16.9 Å². The van der Waals surface area contributed by atoms with Crippen molar-refractivity contribution in [1.29, 1.82) is 0 Å². The highest BCUT2D eigenvalue weighted by Crippen LogP contribution is 2.46. The molecule has 0 N–H and O–H groups in total. The van der Waals surface area contributed by atoms with Gasteiger partial charge in [0.25, 0.3) is 0 Å². The van der Waals surface area contributed by atoms with E-state index < -0.39 is 0 Å². The number of carbonyl (C=O) groups excluding carboxylic acids is 1. The molecule has 0 radical (unpaired) electrons. The summed E-state index contributed by atoms with van der Waals surface area (Å²) >= 11 is 3.77. The molecule has 0 bridgehead atoms. The monoisotopic (exact) mass is 418 g/mol. The minimum Gasteiger partial charge on any atom is -0.456 e. The van der Waals surface area contributed by atoms with Crippen LogP contribution in [0.3, 0.4) is 0 Å². The molecule has 0 unspecified atom stereocenters. The SMILES string of the molecule is CC(=O)O[C@@H]1c2c(c3ccc4ccccc4c3c3ccccc23)CC[C@H]1Br. The second kappa shape index (κ2) is 6.35. The number of esters is 1. The number of halogens is 1. The highest BCUT2D eigenvalue weighted by atomic mass is 79.9. The Morgan fingerprint density at radius 2 is 1.63 bits per heavy atom. The number of rotatable bonds is 1. The van der Waals surface area contributed by atoms with Gasteiger partial charge in [-0.1, -0.05) is 76.6 Å². The van der Waals surface area contributed by atoms with Crippen molar-refractivity contribution >= 4 is 54.2 Å². The largest absolute Gasteiger partial charge is 0.456 e. The topological polar surface area (TPSA) is 26.3 Å². The van der Waals surface area contributed by atoms with Gasteiger partial charge >= 0.3 is 5.97 Å². The van der Waals surface area contributed by atoms with Gasteiger partial charge in [0.05, 0.1) is 4.83 Å². The van der Waals surface area contributed by atoms with E-state index in [0.29, 0.717) is 0 Å². The molecule has 2 atom stereocenters. The molecule has 0 heterocycles. The third-order valence-corrected chi connectivity index (χ3v) is 6.58. The minimum absolute atomic E-state index is 0.134. The zero-order valence-corrected chi connectivity index (χ0v) is 16.6. The maximum Gasteiger partial charge on any atom is 0.303 e. The molecule has 4 aromatic carbocycles. The molecule has 0 spiro atoms. The number of fused-ring (bicyclic) bond motifs is 8. The van der Waals surface area contributed by atoms with Crippen LogP contribution in [0.15, 0.2) is 60.7 Å². The number of hydrogen-bond donors (Lipinski definition) is 0. The molecule has 5 rings (SSSR count). The molecule has 27 heavy (non-hydrogen) atoms. The first kappa shape index (κ1) is 16.8. The Labute approximate surface area is 166 Å². The van der Waals surface area contributed by atoms with Crippen LogP contribution < -0.4 is 0 Å². The molecule has 4 aromatic rings. The fourth-order valence-corrected chi connectivity index (χ4v) is 5.18. The minimum atomic E-state index is -0.257. The van der Waals surface area contributed by atoms with Gasteiger partial charge in [0.15, 0.2) is 0 Å². The fourth-order valence-electron chi connectivity index (χ4n) is 4.58. The molecule has 0 fully saturated rings. The van der Waals surface area contributed by atoms with Crippen LogP contribution in [-0.4, -0.2) is 10.8 Å². The quantitative estimate of drug-likeness (QED) is 0.201. The van der Waals surface area contributed by atoms with Crippen molar-refractivity contribution in [3.8, 4) is 0 Å². The Bertz CT molecular complexity index is 1210. The maximum absolute atomic E-state index is 11.8. The lowest BCUT2D eigenvalue weighted by atomic mass is 9.81. The number of ether oxygens (including phenoxy) is 1. The average Bonchev–Trinajstić information content (AvgIpc) is 2.69. The number of benzene rings is 4. The normalized spacial score (nSPS) is 19.3. The van der Waals surface area contributed by atoms with Crippen LogP contribution in [0.5, 0.6) is 0 Å². The Kier molecular flexibility index (Phi) is 3.94. The van der Waals surface area contributed by atoms with Gasteiger partial charge in [-0.2, -0.15) is 0 Å². The number of carbonyl (C=O) groups is 1. The third kappa shape index (κ3) is 2.56. The zero-order chi connectivity index (χ0) is 18.5. The first-order valence-corrected chi connectivity index (χ1v) is 10.2. The summed E-state index contributed by atoms with van der Waals surface area (Å²) in [6.45, 7) is 1.49. The summed E-state index contributed by atoms with van der Waals surface area (Å²) in [5.41, 5.74) is 2.48. The van der Waals surface area contributed by atoms with Crippen molar-refractivity contribution < 1.29 is 9.53 Å². The van der Waals surface area contributed by atoms with Gasteiger partial charge in [0.2, 0.25) is 0 Å². The number of hydrogen-bond acceptors (Lipinski definition) is 2. The summed E-state index contributed by atoms with van der Waals surface area (Å²) < 4.78 is 5.79. The highest BCUT2D eigenvalue weighted by molar-refractivity contribution is 9.09. The van der Waals surface area contributed by atoms with Crippen LogP contribution >= 0.6 is 15.9 Å². The summed E-state index contributed by atoms with van der Waals surface area (Å²) in [7, 11) is 0. The van der Waals surface area contributed by atoms with Gasteiger partial charge in [0.1, 0.15) is 6.10 Å². The van der Waals surface area contributed by atoms with E-state index in [4.69, 9.17) is 4.74 Å². The first-order chi connectivity index (χ1) is 13.1. The van der Waals surface area contributed by atoms with Gasteiger partial charge in [-0.05, 0) is 50.7 Å². The van der Waals surface area contributed by atoms with Gasteiger partial charge < -0.3 is 4.74 Å². The van der Waals surface area contributed by atoms with Crippen LogP contribution in [0.4, 0.5) is 0 Å². The summed E-state index contributed by atoms with van der Waals surface area (Å²) in [4.78, 5) is 11.9.